The molecule has 4 rings (SSSR count). The third-order valence-electron chi connectivity index (χ3n) is 5.03. The number of furan rings is 1. The van der Waals surface area contributed by atoms with Crippen molar-refractivity contribution in [2.45, 2.75) is 44.3 Å². The topological polar surface area (TPSA) is 99.2 Å². The van der Waals surface area contributed by atoms with Crippen LogP contribution in [0.25, 0.3) is 11.4 Å². The number of carbonyl (C=O) groups is 2. The van der Waals surface area contributed by atoms with E-state index in [1.165, 1.54) is 23.1 Å². The number of esters is 1. The molecule has 0 bridgehead atoms. The first-order valence-corrected chi connectivity index (χ1v) is 12.2. The Kier molecular flexibility index (Phi) is 6.80. The normalized spacial score (nSPS) is 13.2. The Labute approximate surface area is 194 Å². The van der Waals surface area contributed by atoms with Gasteiger partial charge in [0.15, 0.2) is 11.0 Å². The SMILES string of the molecule is C=CCn1c(SCC(=O)Nc2scc(C3CC3)c2C(=O)OCC)nnc1-c1ccoc1C. The second-order valence-corrected chi connectivity index (χ2v) is 9.14. The number of aryl methyl sites for hydroxylation is 1. The van der Waals surface area contributed by atoms with E-state index in [0.717, 1.165) is 29.7 Å². The highest BCUT2D eigenvalue weighted by Gasteiger charge is 2.32. The number of thioether (sulfide) groups is 1. The van der Waals surface area contributed by atoms with Crippen LogP contribution in [0.1, 0.15) is 47.4 Å². The summed E-state index contributed by atoms with van der Waals surface area (Å²) in [5, 5.41) is 14.5. The number of nitrogens with zero attached hydrogens (tertiary/aromatic N) is 3. The zero-order chi connectivity index (χ0) is 22.7. The second kappa shape index (κ2) is 9.74. The van der Waals surface area contributed by atoms with Crippen LogP contribution in [0.4, 0.5) is 5.00 Å². The molecule has 0 spiro atoms. The van der Waals surface area contributed by atoms with Gasteiger partial charge >= 0.3 is 5.97 Å². The van der Waals surface area contributed by atoms with Crippen molar-refractivity contribution in [3.63, 3.8) is 0 Å². The van der Waals surface area contributed by atoms with Gasteiger partial charge in [-0.15, -0.1) is 28.1 Å². The molecule has 0 saturated heterocycles. The van der Waals surface area contributed by atoms with Gasteiger partial charge in [-0.3, -0.25) is 9.36 Å². The number of nitrogens with one attached hydrogen (secondary N) is 1. The predicted octanol–water partition coefficient (Wildman–Crippen LogP) is 4.88. The predicted molar refractivity (Wildman–Crippen MR) is 124 cm³/mol. The third-order valence-corrected chi connectivity index (χ3v) is 6.91. The molecule has 10 heteroatoms. The fraction of sp³-hybridized carbons (Fsp3) is 0.364. The standard InChI is InChI=1S/C22H24N4O4S2/c1-4-9-26-19(15-8-10-30-13(15)3)24-25-22(26)32-12-17(27)23-20-18(21(28)29-5-2)16(11-31-20)14-6-7-14/h4,8,10-11,14H,1,5-7,9,12H2,2-3H3,(H,23,27). The number of amides is 1. The van der Waals surface area contributed by atoms with E-state index >= 15 is 0 Å². The van der Waals surface area contributed by atoms with Crippen molar-refractivity contribution in [1.29, 1.82) is 0 Å². The Bertz CT molecular complexity index is 1140. The molecule has 0 unspecified atom stereocenters. The fourth-order valence-corrected chi connectivity index (χ4v) is 5.16. The van der Waals surface area contributed by atoms with Gasteiger partial charge in [0.1, 0.15) is 10.8 Å². The van der Waals surface area contributed by atoms with Crippen molar-refractivity contribution in [1.82, 2.24) is 14.8 Å². The average Bonchev–Trinajstić information content (AvgIpc) is 3.20. The van der Waals surface area contributed by atoms with E-state index in [9.17, 15) is 9.59 Å². The van der Waals surface area contributed by atoms with E-state index in [1.807, 2.05) is 22.9 Å². The Morgan fingerprint density at radius 2 is 2.25 bits per heavy atom. The molecular weight excluding hydrogens is 448 g/mol. The fourth-order valence-electron chi connectivity index (χ4n) is 3.37. The summed E-state index contributed by atoms with van der Waals surface area (Å²) in [5.74, 6) is 1.30. The Morgan fingerprint density at radius 3 is 2.91 bits per heavy atom. The van der Waals surface area contributed by atoms with Crippen molar-refractivity contribution < 1.29 is 18.7 Å². The van der Waals surface area contributed by atoms with E-state index in [1.54, 1.807) is 19.3 Å². The highest BCUT2D eigenvalue weighted by molar-refractivity contribution is 7.99. The quantitative estimate of drug-likeness (QED) is 0.255. The molecule has 0 radical (unpaired) electrons. The molecule has 168 valence electrons. The minimum absolute atomic E-state index is 0.124. The van der Waals surface area contributed by atoms with Gasteiger partial charge in [0, 0.05) is 6.54 Å². The number of allylic oxidation sites excluding steroid dienone is 1. The summed E-state index contributed by atoms with van der Waals surface area (Å²) >= 11 is 2.64. The molecule has 0 aromatic carbocycles. The van der Waals surface area contributed by atoms with Gasteiger partial charge in [0.2, 0.25) is 5.91 Å². The van der Waals surface area contributed by atoms with Crippen LogP contribution in [0.3, 0.4) is 0 Å². The molecule has 0 atom stereocenters. The molecule has 1 N–H and O–H groups in total. The summed E-state index contributed by atoms with van der Waals surface area (Å²) in [6.45, 7) is 8.23. The van der Waals surface area contributed by atoms with E-state index in [2.05, 4.69) is 22.1 Å². The van der Waals surface area contributed by atoms with Gasteiger partial charge in [0.25, 0.3) is 0 Å². The molecule has 32 heavy (non-hydrogen) atoms. The number of hydrogen-bond acceptors (Lipinski definition) is 8. The molecular formula is C22H24N4O4S2. The minimum atomic E-state index is -0.385. The smallest absolute Gasteiger partial charge is 0.341 e. The maximum Gasteiger partial charge on any atom is 0.341 e. The van der Waals surface area contributed by atoms with Crippen molar-refractivity contribution in [2.75, 3.05) is 17.7 Å². The van der Waals surface area contributed by atoms with Crippen LogP contribution in [0, 0.1) is 6.92 Å². The molecule has 8 nitrogen and oxygen atoms in total. The summed E-state index contributed by atoms with van der Waals surface area (Å²) < 4.78 is 12.5. The highest BCUT2D eigenvalue weighted by atomic mass is 32.2. The Morgan fingerprint density at radius 1 is 1.44 bits per heavy atom. The van der Waals surface area contributed by atoms with Gasteiger partial charge in [0.05, 0.1) is 29.7 Å². The summed E-state index contributed by atoms with van der Waals surface area (Å²) in [4.78, 5) is 25.2. The van der Waals surface area contributed by atoms with Gasteiger partial charge in [-0.1, -0.05) is 17.8 Å². The first kappa shape index (κ1) is 22.3. The van der Waals surface area contributed by atoms with Crippen molar-refractivity contribution in [3.8, 4) is 11.4 Å². The Hall–Kier alpha value is -2.85. The number of rotatable bonds is 10. The lowest BCUT2D eigenvalue weighted by Crippen LogP contribution is -2.17. The first-order valence-electron chi connectivity index (χ1n) is 10.3. The van der Waals surface area contributed by atoms with Crippen molar-refractivity contribution in [2.24, 2.45) is 0 Å². The average molecular weight is 473 g/mol. The van der Waals surface area contributed by atoms with E-state index in [4.69, 9.17) is 9.15 Å². The number of thiophene rings is 1. The molecule has 3 heterocycles. The van der Waals surface area contributed by atoms with Gasteiger partial charge in [-0.25, -0.2) is 4.79 Å². The molecule has 3 aromatic rings. The number of anilines is 1. The van der Waals surface area contributed by atoms with E-state index in [0.29, 0.717) is 40.6 Å². The molecule has 0 aliphatic heterocycles. The van der Waals surface area contributed by atoms with Gasteiger partial charge in [-0.2, -0.15) is 0 Å². The molecule has 3 aromatic heterocycles. The number of hydrogen-bond donors (Lipinski definition) is 1. The zero-order valence-electron chi connectivity index (χ0n) is 17.9. The molecule has 1 amide bonds. The van der Waals surface area contributed by atoms with Gasteiger partial charge in [-0.05, 0) is 49.6 Å². The lowest BCUT2D eigenvalue weighted by Gasteiger charge is -2.09. The maximum atomic E-state index is 12.7. The summed E-state index contributed by atoms with van der Waals surface area (Å²) in [5.41, 5.74) is 2.31. The van der Waals surface area contributed by atoms with Crippen LogP contribution in [0.15, 0.2) is 39.9 Å². The molecule has 1 saturated carbocycles. The van der Waals surface area contributed by atoms with E-state index < -0.39 is 0 Å². The summed E-state index contributed by atoms with van der Waals surface area (Å²) in [6, 6.07) is 1.84. The largest absolute Gasteiger partial charge is 0.469 e. The summed E-state index contributed by atoms with van der Waals surface area (Å²) in [6.07, 6.45) is 5.48. The van der Waals surface area contributed by atoms with Crippen LogP contribution < -0.4 is 5.32 Å². The zero-order valence-corrected chi connectivity index (χ0v) is 19.6. The second-order valence-electron chi connectivity index (χ2n) is 7.32. The molecule has 1 fully saturated rings. The monoisotopic (exact) mass is 472 g/mol. The number of aromatic nitrogens is 3. The van der Waals surface area contributed by atoms with Gasteiger partial charge < -0.3 is 14.5 Å². The lowest BCUT2D eigenvalue weighted by molar-refractivity contribution is -0.113. The van der Waals surface area contributed by atoms with Crippen LogP contribution >= 0.6 is 23.1 Å². The van der Waals surface area contributed by atoms with E-state index in [-0.39, 0.29) is 17.6 Å². The lowest BCUT2D eigenvalue weighted by atomic mass is 10.1. The van der Waals surface area contributed by atoms with Crippen molar-refractivity contribution in [3.05, 3.63) is 47.3 Å². The van der Waals surface area contributed by atoms with Crippen molar-refractivity contribution >= 4 is 40.0 Å². The maximum absolute atomic E-state index is 12.7. The summed E-state index contributed by atoms with van der Waals surface area (Å²) in [7, 11) is 0. The van der Waals surface area contributed by atoms with Crippen LogP contribution in [-0.4, -0.2) is 39.0 Å². The van der Waals surface area contributed by atoms with Crippen LogP contribution in [-0.2, 0) is 16.1 Å². The minimum Gasteiger partial charge on any atom is -0.469 e. The third kappa shape index (κ3) is 4.66. The molecule has 1 aliphatic rings. The first-order chi connectivity index (χ1) is 15.5. The highest BCUT2D eigenvalue weighted by Crippen LogP contribution is 2.46. The number of ether oxygens (including phenoxy) is 1. The Balaban J connectivity index is 1.47. The van der Waals surface area contributed by atoms with Crippen LogP contribution in [0.2, 0.25) is 0 Å². The molecule has 1 aliphatic carbocycles. The van der Waals surface area contributed by atoms with Crippen LogP contribution in [0.5, 0.6) is 0 Å². The number of carbonyl (C=O) groups excluding carboxylic acids is 2.